The van der Waals surface area contributed by atoms with E-state index in [0.29, 0.717) is 24.2 Å². The standard InChI is InChI=1S/C19H26N4O2/c1-13-7-5-10-15(11-13)17(22(2)3)19(24)23(4)12-16-20-18(25-21-16)14-8-6-9-14/h5,7,10-11,14,17H,6,8-9,12H2,1-4H3. The molecule has 134 valence electrons. The van der Waals surface area contributed by atoms with Crippen LogP contribution in [0.25, 0.3) is 0 Å². The molecule has 1 atom stereocenters. The molecule has 1 fully saturated rings. The second kappa shape index (κ2) is 7.35. The lowest BCUT2D eigenvalue weighted by atomic mass is 9.85. The van der Waals surface area contributed by atoms with E-state index in [4.69, 9.17) is 4.52 Å². The molecule has 1 amide bonds. The number of carbonyl (C=O) groups is 1. The van der Waals surface area contributed by atoms with Gasteiger partial charge in [-0.3, -0.25) is 9.69 Å². The van der Waals surface area contributed by atoms with Gasteiger partial charge in [0.25, 0.3) is 0 Å². The van der Waals surface area contributed by atoms with Crippen LogP contribution < -0.4 is 0 Å². The molecule has 3 rings (SSSR count). The van der Waals surface area contributed by atoms with Gasteiger partial charge in [0.15, 0.2) is 5.82 Å². The van der Waals surface area contributed by atoms with Crippen LogP contribution in [0.4, 0.5) is 0 Å². The summed E-state index contributed by atoms with van der Waals surface area (Å²) in [6, 6.07) is 7.73. The number of rotatable bonds is 6. The predicted octanol–water partition coefficient (Wildman–Crippen LogP) is 2.91. The molecule has 25 heavy (non-hydrogen) atoms. The Balaban J connectivity index is 1.71. The second-order valence-electron chi connectivity index (χ2n) is 7.15. The molecule has 6 nitrogen and oxygen atoms in total. The van der Waals surface area contributed by atoms with Crippen molar-refractivity contribution in [2.24, 2.45) is 0 Å². The number of nitrogens with zero attached hydrogens (tertiary/aromatic N) is 4. The molecule has 0 spiro atoms. The number of aromatic nitrogens is 2. The van der Waals surface area contributed by atoms with Crippen LogP contribution >= 0.6 is 0 Å². The van der Waals surface area contributed by atoms with E-state index in [2.05, 4.69) is 16.2 Å². The summed E-state index contributed by atoms with van der Waals surface area (Å²) in [6.07, 6.45) is 3.46. The van der Waals surface area contributed by atoms with Crippen molar-refractivity contribution >= 4 is 5.91 Å². The van der Waals surface area contributed by atoms with Gasteiger partial charge >= 0.3 is 0 Å². The van der Waals surface area contributed by atoms with Gasteiger partial charge in [-0.15, -0.1) is 0 Å². The average molecular weight is 342 g/mol. The topological polar surface area (TPSA) is 62.5 Å². The molecule has 1 aromatic heterocycles. The van der Waals surface area contributed by atoms with Crippen molar-refractivity contribution in [3.05, 3.63) is 47.1 Å². The quantitative estimate of drug-likeness (QED) is 0.808. The molecule has 1 heterocycles. The maximum absolute atomic E-state index is 13.0. The predicted molar refractivity (Wildman–Crippen MR) is 95.0 cm³/mol. The van der Waals surface area contributed by atoms with Crippen LogP contribution in [0.1, 0.15) is 54.1 Å². The fourth-order valence-corrected chi connectivity index (χ4v) is 3.15. The van der Waals surface area contributed by atoms with Gasteiger partial charge in [-0.2, -0.15) is 4.98 Å². The molecule has 6 heteroatoms. The molecule has 0 aliphatic heterocycles. The van der Waals surface area contributed by atoms with Gasteiger partial charge in [0.05, 0.1) is 6.54 Å². The molecule has 0 saturated heterocycles. The van der Waals surface area contributed by atoms with Crippen molar-refractivity contribution < 1.29 is 9.32 Å². The van der Waals surface area contributed by atoms with Crippen LogP contribution in [0, 0.1) is 6.92 Å². The van der Waals surface area contributed by atoms with E-state index in [1.807, 2.05) is 44.1 Å². The maximum Gasteiger partial charge on any atom is 0.244 e. The van der Waals surface area contributed by atoms with Crippen LogP contribution in [-0.4, -0.2) is 47.0 Å². The van der Waals surface area contributed by atoms with Crippen molar-refractivity contribution in [2.75, 3.05) is 21.1 Å². The Hall–Kier alpha value is -2.21. The first kappa shape index (κ1) is 17.6. The molecule has 1 aliphatic rings. The van der Waals surface area contributed by atoms with Crippen molar-refractivity contribution in [2.45, 2.75) is 44.7 Å². The highest BCUT2D eigenvalue weighted by Crippen LogP contribution is 2.35. The minimum absolute atomic E-state index is 0.0191. The summed E-state index contributed by atoms with van der Waals surface area (Å²) in [5, 5.41) is 4.04. The summed E-state index contributed by atoms with van der Waals surface area (Å²) in [5.74, 6) is 1.71. The lowest BCUT2D eigenvalue weighted by Gasteiger charge is -2.28. The van der Waals surface area contributed by atoms with Crippen molar-refractivity contribution in [1.82, 2.24) is 19.9 Å². The monoisotopic (exact) mass is 342 g/mol. The number of aryl methyl sites for hydroxylation is 1. The second-order valence-corrected chi connectivity index (χ2v) is 7.15. The molecular formula is C19H26N4O2. The highest BCUT2D eigenvalue weighted by atomic mass is 16.5. The van der Waals surface area contributed by atoms with Gasteiger partial charge in [-0.1, -0.05) is 41.4 Å². The Morgan fingerprint density at radius 1 is 1.32 bits per heavy atom. The molecule has 0 bridgehead atoms. The molecule has 0 radical (unpaired) electrons. The Morgan fingerprint density at radius 2 is 2.08 bits per heavy atom. The van der Waals surface area contributed by atoms with Crippen LogP contribution in [0.15, 0.2) is 28.8 Å². The molecule has 2 aromatic rings. The zero-order chi connectivity index (χ0) is 18.0. The summed E-state index contributed by atoms with van der Waals surface area (Å²) < 4.78 is 5.35. The third-order valence-corrected chi connectivity index (χ3v) is 4.80. The molecule has 1 aromatic carbocycles. The summed E-state index contributed by atoms with van der Waals surface area (Å²) in [4.78, 5) is 21.1. The van der Waals surface area contributed by atoms with Gasteiger partial charge < -0.3 is 9.42 Å². The van der Waals surface area contributed by atoms with E-state index in [9.17, 15) is 4.79 Å². The van der Waals surface area contributed by atoms with Crippen molar-refractivity contribution in [3.63, 3.8) is 0 Å². The first-order valence-corrected chi connectivity index (χ1v) is 8.76. The highest BCUT2D eigenvalue weighted by molar-refractivity contribution is 5.83. The van der Waals surface area contributed by atoms with Gasteiger partial charge in [-0.25, -0.2) is 0 Å². The van der Waals surface area contributed by atoms with Crippen LogP contribution in [-0.2, 0) is 11.3 Å². The van der Waals surface area contributed by atoms with Crippen molar-refractivity contribution in [3.8, 4) is 0 Å². The zero-order valence-electron chi connectivity index (χ0n) is 15.4. The number of benzene rings is 1. The number of hydrogen-bond acceptors (Lipinski definition) is 5. The van der Waals surface area contributed by atoms with Crippen molar-refractivity contribution in [1.29, 1.82) is 0 Å². The van der Waals surface area contributed by atoms with E-state index in [1.165, 1.54) is 6.42 Å². The number of hydrogen-bond donors (Lipinski definition) is 0. The molecule has 1 aliphatic carbocycles. The fourth-order valence-electron chi connectivity index (χ4n) is 3.15. The van der Waals surface area contributed by atoms with Gasteiger partial charge in [0.1, 0.15) is 6.04 Å². The minimum atomic E-state index is -0.331. The normalized spacial score (nSPS) is 15.9. The number of carbonyl (C=O) groups excluding carboxylic acids is 1. The SMILES string of the molecule is Cc1cccc(C(C(=O)N(C)Cc2noc(C3CCC3)n2)N(C)C)c1. The highest BCUT2D eigenvalue weighted by Gasteiger charge is 2.28. The van der Waals surface area contributed by atoms with Crippen LogP contribution in [0.2, 0.25) is 0 Å². The summed E-state index contributed by atoms with van der Waals surface area (Å²) >= 11 is 0. The Labute approximate surface area is 148 Å². The largest absolute Gasteiger partial charge is 0.339 e. The first-order valence-electron chi connectivity index (χ1n) is 8.76. The maximum atomic E-state index is 13.0. The molecular weight excluding hydrogens is 316 g/mol. The third-order valence-electron chi connectivity index (χ3n) is 4.80. The lowest BCUT2D eigenvalue weighted by Crippen LogP contribution is -2.38. The molecule has 1 saturated carbocycles. The van der Waals surface area contributed by atoms with Crippen LogP contribution in [0.5, 0.6) is 0 Å². The van der Waals surface area contributed by atoms with E-state index >= 15 is 0 Å². The third kappa shape index (κ3) is 3.90. The summed E-state index contributed by atoms with van der Waals surface area (Å²) in [5.41, 5.74) is 2.13. The first-order chi connectivity index (χ1) is 12.0. The zero-order valence-corrected chi connectivity index (χ0v) is 15.4. The molecule has 1 unspecified atom stereocenters. The summed E-state index contributed by atoms with van der Waals surface area (Å²) in [7, 11) is 5.62. The van der Waals surface area contributed by atoms with E-state index in [1.54, 1.807) is 11.9 Å². The summed E-state index contributed by atoms with van der Waals surface area (Å²) in [6.45, 7) is 2.39. The van der Waals surface area contributed by atoms with Crippen LogP contribution in [0.3, 0.4) is 0 Å². The Bertz CT molecular complexity index is 737. The van der Waals surface area contributed by atoms with Gasteiger partial charge in [0.2, 0.25) is 11.8 Å². The number of amides is 1. The average Bonchev–Trinajstić information content (AvgIpc) is 2.93. The lowest BCUT2D eigenvalue weighted by molar-refractivity contribution is -0.135. The molecule has 0 N–H and O–H groups in total. The Kier molecular flexibility index (Phi) is 5.18. The van der Waals surface area contributed by atoms with E-state index in [0.717, 1.165) is 24.0 Å². The van der Waals surface area contributed by atoms with Gasteiger partial charge in [-0.05, 0) is 39.4 Å². The smallest absolute Gasteiger partial charge is 0.244 e. The van der Waals surface area contributed by atoms with E-state index in [-0.39, 0.29) is 11.9 Å². The fraction of sp³-hybridized carbons (Fsp3) is 0.526. The van der Waals surface area contributed by atoms with Gasteiger partial charge in [0, 0.05) is 13.0 Å². The Morgan fingerprint density at radius 3 is 2.68 bits per heavy atom. The minimum Gasteiger partial charge on any atom is -0.339 e. The van der Waals surface area contributed by atoms with E-state index < -0.39 is 0 Å². The number of likely N-dealkylation sites (N-methyl/N-ethyl adjacent to an activating group) is 2.